The molecular weight excluding hydrogens is 462 g/mol. The molecule has 0 atom stereocenters. The number of aliphatic imine (C=N–C) groups is 1. The van der Waals surface area contributed by atoms with Crippen LogP contribution in [0, 0.1) is 0 Å². The van der Waals surface area contributed by atoms with Gasteiger partial charge in [0.25, 0.3) is 5.91 Å². The molecule has 2 N–H and O–H groups in total. The van der Waals surface area contributed by atoms with E-state index in [1.54, 1.807) is 18.2 Å². The molecule has 1 fully saturated rings. The van der Waals surface area contributed by atoms with Gasteiger partial charge in [0, 0.05) is 31.7 Å². The summed E-state index contributed by atoms with van der Waals surface area (Å²) >= 11 is 11.8. The van der Waals surface area contributed by atoms with Gasteiger partial charge in [-0.3, -0.25) is 9.79 Å². The largest absolute Gasteiger partial charge is 0.357 e. The molecule has 5 nitrogen and oxygen atoms in total. The first kappa shape index (κ1) is 21.3. The summed E-state index contributed by atoms with van der Waals surface area (Å²) in [5, 5.41) is 6.94. The van der Waals surface area contributed by atoms with Crippen LogP contribution in [0.3, 0.4) is 0 Å². The third kappa shape index (κ3) is 6.29. The monoisotopic (exact) mass is 484 g/mol. The minimum atomic E-state index is -0.176. The molecule has 0 bridgehead atoms. The molecule has 8 heteroatoms. The first-order valence-corrected chi connectivity index (χ1v) is 8.64. The molecule has 1 aromatic rings. The summed E-state index contributed by atoms with van der Waals surface area (Å²) in [5.41, 5.74) is 0.495. The molecule has 0 saturated carbocycles. The average molecular weight is 485 g/mol. The van der Waals surface area contributed by atoms with Gasteiger partial charge in [-0.2, -0.15) is 0 Å². The van der Waals surface area contributed by atoms with Crippen molar-refractivity contribution in [1.29, 1.82) is 0 Å². The molecule has 0 radical (unpaired) electrons. The number of carbonyl (C=O) groups is 1. The van der Waals surface area contributed by atoms with Gasteiger partial charge in [-0.1, -0.05) is 23.2 Å². The average Bonchev–Trinajstić information content (AvgIpc) is 3.07. The van der Waals surface area contributed by atoms with E-state index in [0.717, 1.165) is 25.6 Å². The molecule has 1 amide bonds. The fraction of sp³-hybridized carbons (Fsp3) is 0.500. The van der Waals surface area contributed by atoms with E-state index >= 15 is 0 Å². The maximum absolute atomic E-state index is 12.0. The predicted octanol–water partition coefficient (Wildman–Crippen LogP) is 3.40. The van der Waals surface area contributed by atoms with Crippen LogP contribution < -0.4 is 10.6 Å². The lowest BCUT2D eigenvalue weighted by Gasteiger charge is -2.20. The Morgan fingerprint density at radius 1 is 1.21 bits per heavy atom. The van der Waals surface area contributed by atoms with Crippen molar-refractivity contribution in [1.82, 2.24) is 15.5 Å². The zero-order chi connectivity index (χ0) is 16.7. The standard InChI is InChI=1S/C16H22Cl2N4O.HI/c1-2-19-16(22-9-3-4-10-22)21-8-7-20-15(23)12-5-6-13(17)14(18)11-12;/h5-6,11H,2-4,7-10H2,1H3,(H,19,21)(H,20,23);1H. The zero-order valence-electron chi connectivity index (χ0n) is 13.6. The molecule has 1 heterocycles. The van der Waals surface area contributed by atoms with Crippen molar-refractivity contribution < 1.29 is 4.79 Å². The highest BCUT2D eigenvalue weighted by atomic mass is 127. The molecule has 0 unspecified atom stereocenters. The number of carbonyl (C=O) groups excluding carboxylic acids is 1. The van der Waals surface area contributed by atoms with E-state index in [9.17, 15) is 4.79 Å². The summed E-state index contributed by atoms with van der Waals surface area (Å²) in [7, 11) is 0. The van der Waals surface area contributed by atoms with Crippen LogP contribution in [0.15, 0.2) is 23.2 Å². The van der Waals surface area contributed by atoms with Gasteiger partial charge in [-0.05, 0) is 38.0 Å². The summed E-state index contributed by atoms with van der Waals surface area (Å²) in [6.07, 6.45) is 2.41. The first-order valence-electron chi connectivity index (χ1n) is 7.88. The molecule has 0 aliphatic carbocycles. The molecular formula is C16H23Cl2IN4O. The Morgan fingerprint density at radius 3 is 2.54 bits per heavy atom. The van der Waals surface area contributed by atoms with Gasteiger partial charge in [0.15, 0.2) is 5.96 Å². The van der Waals surface area contributed by atoms with Crippen LogP contribution in [0.2, 0.25) is 10.0 Å². The third-order valence-corrected chi connectivity index (χ3v) is 4.32. The van der Waals surface area contributed by atoms with Crippen LogP contribution >= 0.6 is 47.2 Å². The number of nitrogens with zero attached hydrogens (tertiary/aromatic N) is 2. The molecule has 1 aliphatic rings. The smallest absolute Gasteiger partial charge is 0.251 e. The van der Waals surface area contributed by atoms with Crippen LogP contribution in [0.4, 0.5) is 0 Å². The normalized spacial score (nSPS) is 14.3. The summed E-state index contributed by atoms with van der Waals surface area (Å²) in [5.74, 6) is 0.749. The summed E-state index contributed by atoms with van der Waals surface area (Å²) in [6, 6.07) is 4.84. The van der Waals surface area contributed by atoms with Gasteiger partial charge < -0.3 is 15.5 Å². The zero-order valence-corrected chi connectivity index (χ0v) is 17.5. The number of nitrogens with one attached hydrogen (secondary N) is 2. The van der Waals surface area contributed by atoms with Gasteiger partial charge in [0.2, 0.25) is 0 Å². The SMILES string of the molecule is CCNC(=NCCNC(=O)c1ccc(Cl)c(Cl)c1)N1CCCC1.I. The minimum absolute atomic E-state index is 0. The van der Waals surface area contributed by atoms with Gasteiger partial charge in [0.1, 0.15) is 0 Å². The van der Waals surface area contributed by atoms with E-state index in [1.807, 2.05) is 0 Å². The van der Waals surface area contributed by atoms with Crippen molar-refractivity contribution in [2.75, 3.05) is 32.7 Å². The van der Waals surface area contributed by atoms with Crippen molar-refractivity contribution in [3.63, 3.8) is 0 Å². The molecule has 2 rings (SSSR count). The summed E-state index contributed by atoms with van der Waals surface area (Å²) in [6.45, 7) is 5.99. The Kier molecular flexibility index (Phi) is 9.76. The topological polar surface area (TPSA) is 56.7 Å². The van der Waals surface area contributed by atoms with Crippen LogP contribution in [0.1, 0.15) is 30.1 Å². The molecule has 1 aromatic carbocycles. The van der Waals surface area contributed by atoms with Gasteiger partial charge in [-0.25, -0.2) is 0 Å². The van der Waals surface area contributed by atoms with E-state index < -0.39 is 0 Å². The van der Waals surface area contributed by atoms with Crippen LogP contribution in [-0.4, -0.2) is 49.5 Å². The number of halogens is 3. The number of hydrogen-bond donors (Lipinski definition) is 2. The van der Waals surface area contributed by atoms with E-state index in [1.165, 1.54) is 12.8 Å². The quantitative estimate of drug-likeness (QED) is 0.291. The summed E-state index contributed by atoms with van der Waals surface area (Å²) in [4.78, 5) is 18.9. The number of hydrogen-bond acceptors (Lipinski definition) is 2. The number of guanidine groups is 1. The molecule has 134 valence electrons. The molecule has 0 aromatic heterocycles. The maximum atomic E-state index is 12.0. The fourth-order valence-corrected chi connectivity index (χ4v) is 2.72. The number of amides is 1. The molecule has 1 saturated heterocycles. The predicted molar refractivity (Wildman–Crippen MR) is 111 cm³/mol. The molecule has 1 aliphatic heterocycles. The third-order valence-electron chi connectivity index (χ3n) is 3.58. The Morgan fingerprint density at radius 2 is 1.92 bits per heavy atom. The Bertz CT molecular complexity index is 577. The van der Waals surface area contributed by atoms with Crippen LogP contribution in [-0.2, 0) is 0 Å². The summed E-state index contributed by atoms with van der Waals surface area (Å²) < 4.78 is 0. The van der Waals surface area contributed by atoms with E-state index in [-0.39, 0.29) is 29.9 Å². The van der Waals surface area contributed by atoms with E-state index in [4.69, 9.17) is 23.2 Å². The van der Waals surface area contributed by atoms with Gasteiger partial charge in [0.05, 0.1) is 16.6 Å². The second-order valence-corrected chi connectivity index (χ2v) is 6.13. The van der Waals surface area contributed by atoms with Crippen molar-refractivity contribution in [3.05, 3.63) is 33.8 Å². The fourth-order valence-electron chi connectivity index (χ4n) is 2.43. The van der Waals surface area contributed by atoms with Gasteiger partial charge >= 0.3 is 0 Å². The highest BCUT2D eigenvalue weighted by Gasteiger charge is 2.15. The highest BCUT2D eigenvalue weighted by Crippen LogP contribution is 2.22. The van der Waals surface area contributed by atoms with Crippen molar-refractivity contribution in [3.8, 4) is 0 Å². The Labute approximate surface area is 170 Å². The van der Waals surface area contributed by atoms with Crippen molar-refractivity contribution in [2.45, 2.75) is 19.8 Å². The Balaban J connectivity index is 0.00000288. The molecule has 24 heavy (non-hydrogen) atoms. The van der Waals surface area contributed by atoms with Crippen LogP contribution in [0.25, 0.3) is 0 Å². The molecule has 0 spiro atoms. The van der Waals surface area contributed by atoms with Crippen molar-refractivity contribution in [2.24, 2.45) is 4.99 Å². The first-order chi connectivity index (χ1) is 11.1. The maximum Gasteiger partial charge on any atom is 0.251 e. The lowest BCUT2D eigenvalue weighted by molar-refractivity contribution is 0.0955. The Hall–Kier alpha value is -0.730. The van der Waals surface area contributed by atoms with Crippen LogP contribution in [0.5, 0.6) is 0 Å². The minimum Gasteiger partial charge on any atom is -0.357 e. The highest BCUT2D eigenvalue weighted by molar-refractivity contribution is 14.0. The van der Waals surface area contributed by atoms with Crippen molar-refractivity contribution >= 4 is 59.0 Å². The number of rotatable bonds is 5. The number of likely N-dealkylation sites (tertiary alicyclic amines) is 1. The van der Waals surface area contributed by atoms with E-state index in [0.29, 0.717) is 28.7 Å². The second-order valence-electron chi connectivity index (χ2n) is 5.31. The second kappa shape index (κ2) is 11.0. The number of benzene rings is 1. The van der Waals surface area contributed by atoms with E-state index in [2.05, 4.69) is 27.4 Å². The lowest BCUT2D eigenvalue weighted by Crippen LogP contribution is -2.40. The van der Waals surface area contributed by atoms with Gasteiger partial charge in [-0.15, -0.1) is 24.0 Å². The lowest BCUT2D eigenvalue weighted by atomic mass is 10.2.